The van der Waals surface area contributed by atoms with Crippen molar-refractivity contribution in [2.45, 2.75) is 0 Å². The fraction of sp³-hybridized carbons (Fsp3) is 0. The van der Waals surface area contributed by atoms with Gasteiger partial charge in [-0.15, -0.1) is 12.4 Å². The van der Waals surface area contributed by atoms with Crippen LogP contribution in [0, 0.1) is 0 Å². The van der Waals surface area contributed by atoms with E-state index >= 15 is 0 Å². The summed E-state index contributed by atoms with van der Waals surface area (Å²) >= 11 is 0. The Morgan fingerprint density at radius 2 is 1.29 bits per heavy atom. The monoisotopic (exact) mass is 354 g/mol. The van der Waals surface area contributed by atoms with Gasteiger partial charge in [0.15, 0.2) is 7.14 Å². The summed E-state index contributed by atoms with van der Waals surface area (Å²) < 4.78 is 16.1. The molecule has 3 nitrogen and oxygen atoms in total. The van der Waals surface area contributed by atoms with Crippen LogP contribution in [0.25, 0.3) is 5.65 Å². The van der Waals surface area contributed by atoms with E-state index in [2.05, 4.69) is 4.98 Å². The minimum Gasteiger partial charge on any atom is -0.307 e. The van der Waals surface area contributed by atoms with E-state index < -0.39 is 7.14 Å². The maximum Gasteiger partial charge on any atom is 0.188 e. The molecule has 0 atom stereocenters. The first-order valence-corrected chi connectivity index (χ1v) is 9.15. The fourth-order valence-corrected chi connectivity index (χ4v) is 5.55. The van der Waals surface area contributed by atoms with E-state index in [1.165, 1.54) is 0 Å². The van der Waals surface area contributed by atoms with Gasteiger partial charge in [0, 0.05) is 16.8 Å². The van der Waals surface area contributed by atoms with Gasteiger partial charge >= 0.3 is 0 Å². The average Bonchev–Trinajstić information content (AvgIpc) is 3.07. The molecule has 4 rings (SSSR count). The Hall–Kier alpha value is -2.35. The van der Waals surface area contributed by atoms with Crippen LogP contribution in [-0.2, 0) is 4.57 Å². The van der Waals surface area contributed by atoms with Crippen molar-refractivity contribution in [3.05, 3.63) is 91.3 Å². The first kappa shape index (κ1) is 16.5. The minimum absolute atomic E-state index is 0. The molecule has 0 saturated heterocycles. The molecule has 0 aliphatic rings. The first-order chi connectivity index (χ1) is 11.3. The van der Waals surface area contributed by atoms with E-state index in [0.29, 0.717) is 0 Å². The molecule has 0 spiro atoms. The number of imidazole rings is 1. The Morgan fingerprint density at radius 1 is 0.750 bits per heavy atom. The molecular formula is C19H16ClN2OP. The average molecular weight is 355 g/mol. The predicted molar refractivity (Wildman–Crippen MR) is 102 cm³/mol. The van der Waals surface area contributed by atoms with E-state index in [1.807, 2.05) is 89.5 Å². The van der Waals surface area contributed by atoms with Gasteiger partial charge in [0.2, 0.25) is 0 Å². The quantitative estimate of drug-likeness (QED) is 0.528. The second-order valence-electron chi connectivity index (χ2n) is 5.33. The molecule has 0 fully saturated rings. The molecule has 0 aliphatic carbocycles. The normalized spacial score (nSPS) is 11.2. The highest BCUT2D eigenvalue weighted by molar-refractivity contribution is 7.85. The van der Waals surface area contributed by atoms with Gasteiger partial charge in [-0.25, -0.2) is 4.98 Å². The summed E-state index contributed by atoms with van der Waals surface area (Å²) in [5.41, 5.74) is 1.53. The smallest absolute Gasteiger partial charge is 0.188 e. The second-order valence-corrected chi connectivity index (χ2v) is 8.04. The zero-order valence-electron chi connectivity index (χ0n) is 12.8. The molecule has 0 saturated carbocycles. The summed E-state index contributed by atoms with van der Waals surface area (Å²) in [6.45, 7) is 0. The lowest BCUT2D eigenvalue weighted by Crippen LogP contribution is -2.27. The van der Waals surface area contributed by atoms with Gasteiger partial charge in [-0.1, -0.05) is 66.7 Å². The molecule has 4 aromatic rings. The first-order valence-electron chi connectivity index (χ1n) is 7.44. The van der Waals surface area contributed by atoms with Crippen molar-refractivity contribution in [3.8, 4) is 0 Å². The molecule has 24 heavy (non-hydrogen) atoms. The summed E-state index contributed by atoms with van der Waals surface area (Å²) in [7, 11) is -2.97. The number of aromatic nitrogens is 2. The highest BCUT2D eigenvalue weighted by atomic mass is 35.5. The van der Waals surface area contributed by atoms with Crippen molar-refractivity contribution >= 4 is 41.2 Å². The van der Waals surface area contributed by atoms with Gasteiger partial charge < -0.3 is 4.57 Å². The van der Waals surface area contributed by atoms with Gasteiger partial charge in [-0.3, -0.25) is 4.40 Å². The number of pyridine rings is 1. The van der Waals surface area contributed by atoms with Gasteiger partial charge in [0.25, 0.3) is 0 Å². The van der Waals surface area contributed by atoms with Crippen LogP contribution in [0.2, 0.25) is 0 Å². The van der Waals surface area contributed by atoms with Crippen molar-refractivity contribution in [1.82, 2.24) is 9.38 Å². The third-order valence-electron chi connectivity index (χ3n) is 3.96. The number of halogens is 1. The van der Waals surface area contributed by atoms with Crippen LogP contribution in [0.3, 0.4) is 0 Å². The van der Waals surface area contributed by atoms with Crippen LogP contribution in [0.1, 0.15) is 0 Å². The van der Waals surface area contributed by atoms with E-state index in [-0.39, 0.29) is 12.4 Å². The van der Waals surface area contributed by atoms with Gasteiger partial charge in [-0.2, -0.15) is 0 Å². The maximum absolute atomic E-state index is 14.2. The molecule has 120 valence electrons. The zero-order valence-corrected chi connectivity index (χ0v) is 14.5. The van der Waals surface area contributed by atoms with Crippen molar-refractivity contribution < 1.29 is 4.57 Å². The zero-order chi connectivity index (χ0) is 15.7. The summed E-state index contributed by atoms with van der Waals surface area (Å²) in [4.78, 5) is 4.43. The van der Waals surface area contributed by atoms with Crippen LogP contribution >= 0.6 is 19.5 Å². The second kappa shape index (κ2) is 6.64. The standard InChI is InChI=1S/C19H15N2OP.ClH/c22-23(16-9-3-1-4-10-16,17-11-5-2-6-12-17)19-15-20-18-13-7-8-14-21(18)19;/h1-15H;1H. The molecule has 0 radical (unpaired) electrons. The minimum atomic E-state index is -2.97. The molecule has 2 aromatic carbocycles. The molecule has 0 aliphatic heterocycles. The molecule has 0 bridgehead atoms. The summed E-state index contributed by atoms with van der Waals surface area (Å²) in [6.07, 6.45) is 3.65. The van der Waals surface area contributed by atoms with Crippen molar-refractivity contribution in [2.24, 2.45) is 0 Å². The number of hydrogen-bond acceptors (Lipinski definition) is 2. The van der Waals surface area contributed by atoms with E-state index in [4.69, 9.17) is 0 Å². The Kier molecular flexibility index (Phi) is 4.57. The van der Waals surface area contributed by atoms with Crippen LogP contribution in [-0.4, -0.2) is 9.38 Å². The SMILES string of the molecule is Cl.O=P(c1ccccc1)(c1ccccc1)c1cnc2ccccn12. The largest absolute Gasteiger partial charge is 0.307 e. The molecular weight excluding hydrogens is 339 g/mol. The lowest BCUT2D eigenvalue weighted by Gasteiger charge is -2.19. The topological polar surface area (TPSA) is 34.4 Å². The number of hydrogen-bond donors (Lipinski definition) is 0. The Morgan fingerprint density at radius 3 is 1.88 bits per heavy atom. The van der Waals surface area contributed by atoms with Crippen LogP contribution in [0.5, 0.6) is 0 Å². The fourth-order valence-electron chi connectivity index (χ4n) is 2.84. The number of nitrogens with zero attached hydrogens (tertiary/aromatic N) is 2. The molecule has 0 N–H and O–H groups in total. The number of fused-ring (bicyclic) bond motifs is 1. The van der Waals surface area contributed by atoms with Crippen molar-refractivity contribution in [3.63, 3.8) is 0 Å². The molecule has 2 aromatic heterocycles. The molecule has 2 heterocycles. The Balaban J connectivity index is 0.00000169. The van der Waals surface area contributed by atoms with Crippen LogP contribution in [0.4, 0.5) is 0 Å². The highest BCUT2D eigenvalue weighted by Crippen LogP contribution is 2.42. The van der Waals surface area contributed by atoms with Gasteiger partial charge in [0.1, 0.15) is 11.1 Å². The lowest BCUT2D eigenvalue weighted by atomic mass is 10.4. The van der Waals surface area contributed by atoms with Gasteiger partial charge in [-0.05, 0) is 12.1 Å². The number of benzene rings is 2. The van der Waals surface area contributed by atoms with Crippen molar-refractivity contribution in [2.75, 3.05) is 0 Å². The van der Waals surface area contributed by atoms with E-state index in [0.717, 1.165) is 21.7 Å². The molecule has 5 heteroatoms. The van der Waals surface area contributed by atoms with Crippen molar-refractivity contribution in [1.29, 1.82) is 0 Å². The van der Waals surface area contributed by atoms with Crippen LogP contribution < -0.4 is 16.0 Å². The maximum atomic E-state index is 14.2. The van der Waals surface area contributed by atoms with Gasteiger partial charge in [0.05, 0.1) is 6.20 Å². The van der Waals surface area contributed by atoms with E-state index in [9.17, 15) is 4.57 Å². The van der Waals surface area contributed by atoms with Crippen LogP contribution in [0.15, 0.2) is 91.3 Å². The third kappa shape index (κ3) is 2.56. The highest BCUT2D eigenvalue weighted by Gasteiger charge is 2.32. The molecule has 0 unspecified atom stereocenters. The summed E-state index contributed by atoms with van der Waals surface area (Å²) in [5, 5.41) is 1.63. The Labute approximate surface area is 146 Å². The Bertz CT molecular complexity index is 956. The lowest BCUT2D eigenvalue weighted by molar-refractivity contribution is 0.592. The predicted octanol–water partition coefficient (Wildman–Crippen LogP) is 3.40. The summed E-state index contributed by atoms with van der Waals surface area (Å²) in [6, 6.07) is 25.1. The molecule has 0 amide bonds. The third-order valence-corrected chi connectivity index (χ3v) is 6.99. The van der Waals surface area contributed by atoms with E-state index in [1.54, 1.807) is 6.20 Å². The summed E-state index contributed by atoms with van der Waals surface area (Å²) in [5.74, 6) is 0. The number of rotatable bonds is 3.